The molecule has 1 unspecified atom stereocenters. The molecule has 0 aromatic heterocycles. The van der Waals surface area contributed by atoms with E-state index < -0.39 is 11.6 Å². The lowest BCUT2D eigenvalue weighted by Crippen LogP contribution is -2.57. The molecule has 1 atom stereocenters. The van der Waals surface area contributed by atoms with E-state index in [4.69, 9.17) is 5.11 Å². The van der Waals surface area contributed by atoms with Crippen molar-refractivity contribution in [3.05, 3.63) is 0 Å². The summed E-state index contributed by atoms with van der Waals surface area (Å²) in [6, 6.07) is 0.437. The molecule has 2 rings (SSSR count). The summed E-state index contributed by atoms with van der Waals surface area (Å²) < 4.78 is 0. The van der Waals surface area contributed by atoms with Crippen molar-refractivity contribution in [2.24, 2.45) is 0 Å². The van der Waals surface area contributed by atoms with Gasteiger partial charge in [-0.15, -0.1) is 0 Å². The van der Waals surface area contributed by atoms with Gasteiger partial charge < -0.3 is 15.5 Å². The number of likely N-dealkylation sites (tertiary alicyclic amines) is 1. The maximum absolute atomic E-state index is 11.0. The molecule has 0 amide bonds. The van der Waals surface area contributed by atoms with Gasteiger partial charge in [0.25, 0.3) is 0 Å². The van der Waals surface area contributed by atoms with Crippen molar-refractivity contribution in [3.63, 3.8) is 0 Å². The van der Waals surface area contributed by atoms with E-state index >= 15 is 0 Å². The lowest BCUT2D eigenvalue weighted by atomic mass is 9.90. The quantitative estimate of drug-likeness (QED) is 0.602. The van der Waals surface area contributed by atoms with Gasteiger partial charge >= 0.3 is 5.97 Å². The van der Waals surface area contributed by atoms with Crippen LogP contribution < -0.4 is 5.32 Å². The molecular formula is C11H20N2O3. The van der Waals surface area contributed by atoms with Gasteiger partial charge in [-0.3, -0.25) is 4.90 Å². The summed E-state index contributed by atoms with van der Waals surface area (Å²) in [5, 5.41) is 22.3. The van der Waals surface area contributed by atoms with Gasteiger partial charge in [-0.05, 0) is 45.3 Å². The number of hydrogen-bond acceptors (Lipinski definition) is 4. The number of carbonyl (C=O) groups is 1. The van der Waals surface area contributed by atoms with Crippen LogP contribution in [0.3, 0.4) is 0 Å². The van der Waals surface area contributed by atoms with E-state index in [1.807, 2.05) is 0 Å². The van der Waals surface area contributed by atoms with Crippen molar-refractivity contribution < 1.29 is 15.0 Å². The predicted molar refractivity (Wildman–Crippen MR) is 59.3 cm³/mol. The molecule has 2 aliphatic heterocycles. The van der Waals surface area contributed by atoms with Crippen LogP contribution in [-0.2, 0) is 4.79 Å². The zero-order valence-electron chi connectivity index (χ0n) is 9.48. The molecule has 2 fully saturated rings. The predicted octanol–water partition coefficient (Wildman–Crippen LogP) is -0.350. The lowest BCUT2D eigenvalue weighted by Gasteiger charge is -2.42. The maximum atomic E-state index is 11.0. The Morgan fingerprint density at radius 2 is 2.06 bits per heavy atom. The first-order valence-electron chi connectivity index (χ1n) is 6.02. The monoisotopic (exact) mass is 228 g/mol. The molecule has 0 aliphatic carbocycles. The molecule has 0 bridgehead atoms. The fourth-order valence-electron chi connectivity index (χ4n) is 2.73. The zero-order chi connectivity index (χ0) is 11.6. The second kappa shape index (κ2) is 4.69. The normalized spacial score (nSPS) is 33.8. The number of aliphatic carboxylic acids is 1. The summed E-state index contributed by atoms with van der Waals surface area (Å²) in [4.78, 5) is 13.2. The van der Waals surface area contributed by atoms with Gasteiger partial charge in [0.1, 0.15) is 0 Å². The average molecular weight is 228 g/mol. The Bertz CT molecular complexity index is 266. The maximum Gasteiger partial charge on any atom is 0.337 e. The van der Waals surface area contributed by atoms with Gasteiger partial charge in [0.2, 0.25) is 0 Å². The van der Waals surface area contributed by atoms with E-state index in [-0.39, 0.29) is 6.54 Å². The number of carboxylic acid groups (broad SMARTS) is 1. The Balaban J connectivity index is 1.98. The molecule has 2 aliphatic rings. The highest BCUT2D eigenvalue weighted by atomic mass is 16.4. The van der Waals surface area contributed by atoms with Crippen molar-refractivity contribution in [1.29, 1.82) is 0 Å². The molecule has 5 heteroatoms. The summed E-state index contributed by atoms with van der Waals surface area (Å²) in [6.45, 7) is 3.19. The third-order valence-corrected chi connectivity index (χ3v) is 3.72. The molecule has 16 heavy (non-hydrogen) atoms. The largest absolute Gasteiger partial charge is 0.479 e. The number of piperidine rings is 2. The summed E-state index contributed by atoms with van der Waals surface area (Å²) in [7, 11) is 0. The van der Waals surface area contributed by atoms with Crippen LogP contribution in [0.25, 0.3) is 0 Å². The van der Waals surface area contributed by atoms with Crippen LogP contribution in [0.15, 0.2) is 0 Å². The van der Waals surface area contributed by atoms with Crippen molar-refractivity contribution in [3.8, 4) is 0 Å². The molecular weight excluding hydrogens is 208 g/mol. The Morgan fingerprint density at radius 3 is 2.69 bits per heavy atom. The second-order valence-corrected chi connectivity index (χ2v) is 4.89. The Labute approximate surface area is 95.4 Å². The minimum absolute atomic E-state index is 0.285. The molecule has 0 aromatic rings. The molecule has 0 radical (unpaired) electrons. The highest BCUT2D eigenvalue weighted by Crippen LogP contribution is 2.25. The van der Waals surface area contributed by atoms with Crippen molar-refractivity contribution in [2.45, 2.75) is 37.3 Å². The number of rotatable bonds is 2. The molecule has 92 valence electrons. The van der Waals surface area contributed by atoms with Gasteiger partial charge in [-0.25, -0.2) is 4.79 Å². The Hall–Kier alpha value is -0.650. The second-order valence-electron chi connectivity index (χ2n) is 4.89. The minimum atomic E-state index is -1.52. The average Bonchev–Trinajstić information content (AvgIpc) is 2.30. The number of β-amino-alcohol motifs (C(OH)–C–C–N with tert-alkyl or cyclic N) is 1. The zero-order valence-corrected chi connectivity index (χ0v) is 9.48. The van der Waals surface area contributed by atoms with E-state index in [2.05, 4.69) is 10.2 Å². The third kappa shape index (κ3) is 2.36. The Kier molecular flexibility index (Phi) is 3.47. The van der Waals surface area contributed by atoms with Crippen LogP contribution in [0.1, 0.15) is 25.7 Å². The van der Waals surface area contributed by atoms with Crippen LogP contribution in [0.2, 0.25) is 0 Å². The molecule has 0 aromatic carbocycles. The number of nitrogens with one attached hydrogen (secondary N) is 1. The highest BCUT2D eigenvalue weighted by Gasteiger charge is 2.42. The van der Waals surface area contributed by atoms with Gasteiger partial charge in [-0.1, -0.05) is 0 Å². The van der Waals surface area contributed by atoms with Crippen LogP contribution in [-0.4, -0.2) is 58.9 Å². The first-order chi connectivity index (χ1) is 7.62. The van der Waals surface area contributed by atoms with Crippen LogP contribution >= 0.6 is 0 Å². The summed E-state index contributed by atoms with van der Waals surface area (Å²) in [5.41, 5.74) is -1.52. The van der Waals surface area contributed by atoms with Crippen LogP contribution in [0.5, 0.6) is 0 Å². The van der Waals surface area contributed by atoms with Gasteiger partial charge in [-0.2, -0.15) is 0 Å². The Morgan fingerprint density at radius 1 is 1.38 bits per heavy atom. The first-order valence-corrected chi connectivity index (χ1v) is 6.02. The molecule has 0 spiro atoms. The van der Waals surface area contributed by atoms with Crippen molar-refractivity contribution >= 4 is 5.97 Å². The van der Waals surface area contributed by atoms with E-state index in [0.29, 0.717) is 12.5 Å². The number of aliphatic hydroxyl groups is 1. The fraction of sp³-hybridized carbons (Fsp3) is 0.909. The molecule has 2 saturated heterocycles. The molecule has 0 saturated carbocycles. The fourth-order valence-corrected chi connectivity index (χ4v) is 2.73. The smallest absolute Gasteiger partial charge is 0.337 e. The number of nitrogens with zero attached hydrogens (tertiary/aromatic N) is 1. The summed E-state index contributed by atoms with van der Waals surface area (Å²) >= 11 is 0. The van der Waals surface area contributed by atoms with Crippen molar-refractivity contribution in [2.75, 3.05) is 26.2 Å². The van der Waals surface area contributed by atoms with Crippen molar-refractivity contribution in [1.82, 2.24) is 10.2 Å². The SMILES string of the molecule is O=C(O)C1(O)CCCN(C2CCNCC2)C1. The third-order valence-electron chi connectivity index (χ3n) is 3.72. The van der Waals surface area contributed by atoms with Gasteiger partial charge in [0, 0.05) is 12.6 Å². The van der Waals surface area contributed by atoms with Crippen LogP contribution in [0, 0.1) is 0 Å². The standard InChI is InChI=1S/C11H20N2O3/c14-10(15)11(16)4-1-7-13(8-11)9-2-5-12-6-3-9/h9,12,16H,1-8H2,(H,14,15). The summed E-state index contributed by atoms with van der Waals surface area (Å²) in [6.07, 6.45) is 3.25. The minimum Gasteiger partial charge on any atom is -0.479 e. The summed E-state index contributed by atoms with van der Waals surface area (Å²) in [5.74, 6) is -1.08. The van der Waals surface area contributed by atoms with E-state index in [9.17, 15) is 9.90 Å². The van der Waals surface area contributed by atoms with E-state index in [1.54, 1.807) is 0 Å². The number of carboxylic acids is 1. The molecule has 5 nitrogen and oxygen atoms in total. The van der Waals surface area contributed by atoms with E-state index in [0.717, 1.165) is 38.9 Å². The van der Waals surface area contributed by atoms with Gasteiger partial charge in [0.05, 0.1) is 0 Å². The van der Waals surface area contributed by atoms with E-state index in [1.165, 1.54) is 0 Å². The number of hydrogen-bond donors (Lipinski definition) is 3. The lowest BCUT2D eigenvalue weighted by molar-refractivity contribution is -0.165. The van der Waals surface area contributed by atoms with Crippen LogP contribution in [0.4, 0.5) is 0 Å². The first kappa shape index (κ1) is 11.8. The van der Waals surface area contributed by atoms with Gasteiger partial charge in [0.15, 0.2) is 5.60 Å². The topological polar surface area (TPSA) is 72.8 Å². The molecule has 3 N–H and O–H groups in total. The molecule has 2 heterocycles. The highest BCUT2D eigenvalue weighted by molar-refractivity contribution is 5.77.